The lowest BCUT2D eigenvalue weighted by Crippen LogP contribution is -2.16. The third-order valence-electron chi connectivity index (χ3n) is 2.91. The molecule has 0 aliphatic rings. The first-order valence-corrected chi connectivity index (χ1v) is 7.73. The van der Waals surface area contributed by atoms with Crippen LogP contribution in [0.3, 0.4) is 0 Å². The van der Waals surface area contributed by atoms with Gasteiger partial charge in [-0.25, -0.2) is 4.98 Å². The number of halogens is 2. The Balaban J connectivity index is 1.91. The molecule has 0 saturated heterocycles. The van der Waals surface area contributed by atoms with Crippen LogP contribution in [-0.4, -0.2) is 9.38 Å². The van der Waals surface area contributed by atoms with E-state index in [1.807, 2.05) is 12.3 Å². The fourth-order valence-corrected chi connectivity index (χ4v) is 3.34. The van der Waals surface area contributed by atoms with E-state index in [2.05, 4.69) is 4.98 Å². The molecule has 0 bridgehead atoms. The summed E-state index contributed by atoms with van der Waals surface area (Å²) in [6.45, 7) is 2.00. The van der Waals surface area contributed by atoms with Gasteiger partial charge in [-0.2, -0.15) is 0 Å². The predicted octanol–water partition coefficient (Wildman–Crippen LogP) is 3.95. The number of rotatable bonds is 3. The largest absolute Gasteiger partial charge is 0.484 e. The summed E-state index contributed by atoms with van der Waals surface area (Å²) < 4.78 is 7.16. The molecule has 0 atom stereocenters. The fourth-order valence-electron chi connectivity index (χ4n) is 1.94. The molecule has 0 saturated carbocycles. The molecule has 0 aliphatic heterocycles. The molecule has 0 radical (unpaired) electrons. The molecule has 3 rings (SSSR count). The summed E-state index contributed by atoms with van der Waals surface area (Å²) in [5.41, 5.74) is 1.29. The zero-order valence-corrected chi connectivity index (χ0v) is 13.3. The molecule has 0 N–H and O–H groups in total. The molecule has 108 valence electrons. The first kappa shape index (κ1) is 14.4. The van der Waals surface area contributed by atoms with Crippen molar-refractivity contribution in [2.24, 2.45) is 0 Å². The average molecular weight is 341 g/mol. The number of benzene rings is 1. The Labute approximate surface area is 134 Å². The summed E-state index contributed by atoms with van der Waals surface area (Å²) in [5.74, 6) is 0.394. The molecule has 2 aromatic heterocycles. The van der Waals surface area contributed by atoms with Crippen LogP contribution in [0, 0.1) is 6.92 Å². The molecule has 0 fully saturated rings. The maximum absolute atomic E-state index is 12.0. The van der Waals surface area contributed by atoms with Crippen LogP contribution in [0.1, 0.15) is 11.4 Å². The normalized spacial score (nSPS) is 11.0. The Morgan fingerprint density at radius 2 is 2.05 bits per heavy atom. The van der Waals surface area contributed by atoms with Gasteiger partial charge in [0, 0.05) is 17.1 Å². The first-order valence-electron chi connectivity index (χ1n) is 6.10. The molecule has 3 aromatic rings. The van der Waals surface area contributed by atoms with Gasteiger partial charge in [0.1, 0.15) is 6.61 Å². The first-order chi connectivity index (χ1) is 10.1. The highest BCUT2D eigenvalue weighted by atomic mass is 35.5. The molecule has 2 heterocycles. The second-order valence-corrected chi connectivity index (χ2v) is 6.07. The number of para-hydroxylation sites is 1. The van der Waals surface area contributed by atoms with E-state index < -0.39 is 0 Å². The number of aromatic nitrogens is 2. The lowest BCUT2D eigenvalue weighted by molar-refractivity contribution is 0.302. The van der Waals surface area contributed by atoms with Gasteiger partial charge in [-0.1, -0.05) is 29.3 Å². The highest BCUT2D eigenvalue weighted by Gasteiger charge is 2.10. The molecular formula is C14H10Cl2N2O2S. The van der Waals surface area contributed by atoms with Gasteiger partial charge in [-0.05, 0) is 19.1 Å². The monoisotopic (exact) mass is 340 g/mol. The van der Waals surface area contributed by atoms with Gasteiger partial charge in [-0.3, -0.25) is 9.20 Å². The topological polar surface area (TPSA) is 43.6 Å². The van der Waals surface area contributed by atoms with Crippen molar-refractivity contribution in [1.29, 1.82) is 0 Å². The van der Waals surface area contributed by atoms with Crippen molar-refractivity contribution >= 4 is 39.5 Å². The summed E-state index contributed by atoms with van der Waals surface area (Å²) >= 11 is 13.5. The van der Waals surface area contributed by atoms with Crippen molar-refractivity contribution in [3.8, 4) is 5.75 Å². The quantitative estimate of drug-likeness (QED) is 0.725. The molecule has 0 unspecified atom stereocenters. The van der Waals surface area contributed by atoms with Gasteiger partial charge in [-0.15, -0.1) is 11.3 Å². The summed E-state index contributed by atoms with van der Waals surface area (Å²) in [7, 11) is 0. The van der Waals surface area contributed by atoms with Gasteiger partial charge in [0.25, 0.3) is 5.56 Å². The van der Waals surface area contributed by atoms with Gasteiger partial charge in [0.15, 0.2) is 10.7 Å². The number of fused-ring (bicyclic) bond motifs is 1. The number of aryl methyl sites for hydroxylation is 1. The van der Waals surface area contributed by atoms with Crippen molar-refractivity contribution < 1.29 is 4.74 Å². The van der Waals surface area contributed by atoms with Crippen LogP contribution in [0.2, 0.25) is 10.0 Å². The van der Waals surface area contributed by atoms with E-state index in [-0.39, 0.29) is 12.2 Å². The molecule has 0 spiro atoms. The zero-order chi connectivity index (χ0) is 15.0. The third-order valence-corrected chi connectivity index (χ3v) is 4.45. The van der Waals surface area contributed by atoms with Crippen LogP contribution in [0.25, 0.3) is 4.96 Å². The van der Waals surface area contributed by atoms with Gasteiger partial charge in [0.2, 0.25) is 0 Å². The summed E-state index contributed by atoms with van der Waals surface area (Å²) in [5, 5.41) is 2.73. The Hall–Kier alpha value is -1.56. The van der Waals surface area contributed by atoms with Crippen LogP contribution in [0.4, 0.5) is 0 Å². The van der Waals surface area contributed by atoms with E-state index in [1.165, 1.54) is 17.4 Å². The Morgan fingerprint density at radius 1 is 1.33 bits per heavy atom. The minimum absolute atomic E-state index is 0.123. The van der Waals surface area contributed by atoms with E-state index >= 15 is 0 Å². The number of nitrogens with zero attached hydrogens (tertiary/aromatic N) is 2. The fraction of sp³-hybridized carbons (Fsp3) is 0.143. The van der Waals surface area contributed by atoms with E-state index in [0.717, 1.165) is 5.69 Å². The van der Waals surface area contributed by atoms with Crippen LogP contribution in [0.5, 0.6) is 5.75 Å². The van der Waals surface area contributed by atoms with E-state index in [0.29, 0.717) is 26.4 Å². The standard InChI is InChI=1S/C14H10Cl2N2O2S/c1-8-7-21-14-17-9(5-12(19)18(8)14)6-20-13-10(15)3-2-4-11(13)16/h2-5,7H,6H2,1H3. The molecule has 21 heavy (non-hydrogen) atoms. The molecule has 7 heteroatoms. The van der Waals surface area contributed by atoms with Crippen LogP contribution < -0.4 is 10.3 Å². The van der Waals surface area contributed by atoms with Gasteiger partial charge in [0.05, 0.1) is 15.7 Å². The summed E-state index contributed by atoms with van der Waals surface area (Å²) in [6, 6.07) is 6.58. The minimum atomic E-state index is -0.123. The van der Waals surface area contributed by atoms with E-state index in [4.69, 9.17) is 27.9 Å². The lowest BCUT2D eigenvalue weighted by atomic mass is 10.3. The second kappa shape index (κ2) is 5.67. The molecule has 4 nitrogen and oxygen atoms in total. The molecule has 1 aromatic carbocycles. The SMILES string of the molecule is Cc1csc2nc(COc3c(Cl)cccc3Cl)cc(=O)n12. The van der Waals surface area contributed by atoms with E-state index in [1.54, 1.807) is 22.6 Å². The van der Waals surface area contributed by atoms with E-state index in [9.17, 15) is 4.79 Å². The van der Waals surface area contributed by atoms with Crippen molar-refractivity contribution in [2.75, 3.05) is 0 Å². The highest BCUT2D eigenvalue weighted by Crippen LogP contribution is 2.32. The number of thiazole rings is 1. The van der Waals surface area contributed by atoms with Crippen LogP contribution >= 0.6 is 34.5 Å². The number of hydrogen-bond donors (Lipinski definition) is 0. The lowest BCUT2D eigenvalue weighted by Gasteiger charge is -2.09. The molecule has 0 amide bonds. The second-order valence-electron chi connectivity index (χ2n) is 4.42. The highest BCUT2D eigenvalue weighted by molar-refractivity contribution is 7.15. The summed E-state index contributed by atoms with van der Waals surface area (Å²) in [6.07, 6.45) is 0. The smallest absolute Gasteiger partial charge is 0.259 e. The Morgan fingerprint density at radius 3 is 2.76 bits per heavy atom. The van der Waals surface area contributed by atoms with Crippen molar-refractivity contribution in [2.45, 2.75) is 13.5 Å². The average Bonchev–Trinajstić information content (AvgIpc) is 2.80. The maximum Gasteiger partial charge on any atom is 0.259 e. The summed E-state index contributed by atoms with van der Waals surface area (Å²) in [4.78, 5) is 17.1. The van der Waals surface area contributed by atoms with Crippen molar-refractivity contribution in [3.05, 3.63) is 61.4 Å². The van der Waals surface area contributed by atoms with Crippen LogP contribution in [0.15, 0.2) is 34.4 Å². The predicted molar refractivity (Wildman–Crippen MR) is 84.9 cm³/mol. The molecular weight excluding hydrogens is 331 g/mol. The third kappa shape index (κ3) is 2.77. The molecule has 0 aliphatic carbocycles. The van der Waals surface area contributed by atoms with Gasteiger partial charge >= 0.3 is 0 Å². The Kier molecular flexibility index (Phi) is 3.89. The zero-order valence-electron chi connectivity index (χ0n) is 11.0. The van der Waals surface area contributed by atoms with Gasteiger partial charge < -0.3 is 4.74 Å². The maximum atomic E-state index is 12.0. The van der Waals surface area contributed by atoms with Crippen molar-refractivity contribution in [3.63, 3.8) is 0 Å². The minimum Gasteiger partial charge on any atom is -0.484 e. The number of ether oxygens (including phenoxy) is 1. The Bertz CT molecular complexity index is 853. The van der Waals surface area contributed by atoms with Crippen LogP contribution in [-0.2, 0) is 6.61 Å². The number of hydrogen-bond acceptors (Lipinski definition) is 4. The van der Waals surface area contributed by atoms with Crippen molar-refractivity contribution in [1.82, 2.24) is 9.38 Å².